The van der Waals surface area contributed by atoms with Gasteiger partial charge in [0.15, 0.2) is 11.6 Å². The second kappa shape index (κ2) is 8.81. The van der Waals surface area contributed by atoms with Gasteiger partial charge in [-0.3, -0.25) is 0 Å². The fourth-order valence-corrected chi connectivity index (χ4v) is 9.96. The summed E-state index contributed by atoms with van der Waals surface area (Å²) in [5, 5.41) is -2.11. The van der Waals surface area contributed by atoms with Crippen LogP contribution in [0.3, 0.4) is 0 Å². The van der Waals surface area contributed by atoms with E-state index < -0.39 is 46.1 Å². The van der Waals surface area contributed by atoms with Crippen molar-refractivity contribution in [1.82, 2.24) is 0 Å². The molecule has 0 bridgehead atoms. The molecular formula is C19H30N2O8S2. The van der Waals surface area contributed by atoms with E-state index in [0.717, 1.165) is 12.8 Å². The van der Waals surface area contributed by atoms with E-state index in [1.807, 2.05) is 0 Å². The van der Waals surface area contributed by atoms with Crippen LogP contribution in [-0.2, 0) is 38.6 Å². The van der Waals surface area contributed by atoms with E-state index in [4.69, 9.17) is 18.9 Å². The van der Waals surface area contributed by atoms with Crippen LogP contribution < -0.4 is 0 Å². The number of sulfone groups is 2. The minimum Gasteiger partial charge on any atom is -0.359 e. The van der Waals surface area contributed by atoms with E-state index >= 15 is 0 Å². The first kappa shape index (κ1) is 23.3. The van der Waals surface area contributed by atoms with Gasteiger partial charge in [0, 0.05) is 25.7 Å². The fourth-order valence-electron chi connectivity index (χ4n) is 5.15. The van der Waals surface area contributed by atoms with Crippen molar-refractivity contribution in [3.63, 3.8) is 0 Å². The number of nitrogens with zero attached hydrogens (tertiary/aromatic N) is 2. The molecule has 0 N–H and O–H groups in total. The third kappa shape index (κ3) is 4.48. The maximum Gasteiger partial charge on any atom is 0.495 e. The molecule has 0 aromatic rings. The van der Waals surface area contributed by atoms with Crippen molar-refractivity contribution >= 4 is 24.1 Å². The Hall–Kier alpha value is -0.880. The third-order valence-electron chi connectivity index (χ3n) is 6.73. The van der Waals surface area contributed by atoms with Crippen molar-refractivity contribution in [2.75, 3.05) is 26.4 Å². The van der Waals surface area contributed by atoms with Crippen LogP contribution >= 0.6 is 0 Å². The van der Waals surface area contributed by atoms with Crippen molar-refractivity contribution < 1.29 is 40.6 Å². The summed E-state index contributed by atoms with van der Waals surface area (Å²) >= 11 is 0. The van der Waals surface area contributed by atoms with Crippen molar-refractivity contribution in [2.45, 2.75) is 86.3 Å². The van der Waals surface area contributed by atoms with Gasteiger partial charge in [-0.25, -0.2) is 16.8 Å². The maximum absolute atomic E-state index is 13.4. The molecule has 2 spiro atoms. The molecule has 2 aliphatic heterocycles. The summed E-state index contributed by atoms with van der Waals surface area (Å²) in [5.41, 5.74) is 9.57. The zero-order chi connectivity index (χ0) is 22.2. The predicted octanol–water partition coefficient (Wildman–Crippen LogP) is 1.55. The molecule has 0 amide bonds. The van der Waals surface area contributed by atoms with Crippen molar-refractivity contribution in [3.05, 3.63) is 5.53 Å². The Morgan fingerprint density at radius 3 is 1.45 bits per heavy atom. The molecular weight excluding hydrogens is 448 g/mol. The lowest BCUT2D eigenvalue weighted by Gasteiger charge is -2.42. The molecule has 10 nitrogen and oxygen atoms in total. The standard InChI is InChI=1S/C19H30N2O8S2/c20-21-17(30(22,23)15-5-1-7-18(13-15)26-9-3-10-27-18)31(24,25)16-6-2-8-19(14-16)28-11-4-12-29-19/h15-16H,1-14H2. The summed E-state index contributed by atoms with van der Waals surface area (Å²) in [5.74, 6) is -2.03. The summed E-state index contributed by atoms with van der Waals surface area (Å²) in [6.07, 6.45) is 4.13. The summed E-state index contributed by atoms with van der Waals surface area (Å²) in [4.78, 5) is 2.83. The van der Waals surface area contributed by atoms with E-state index in [-0.39, 0.29) is 25.7 Å². The lowest BCUT2D eigenvalue weighted by molar-refractivity contribution is -0.279. The monoisotopic (exact) mass is 478 g/mol. The Kier molecular flexibility index (Phi) is 6.62. The number of hydrogen-bond acceptors (Lipinski definition) is 8. The molecule has 2 atom stereocenters. The van der Waals surface area contributed by atoms with Crippen LogP contribution in [0.5, 0.6) is 0 Å². The van der Waals surface area contributed by atoms with Crippen LogP contribution in [0.15, 0.2) is 0 Å². The van der Waals surface area contributed by atoms with Gasteiger partial charge in [-0.05, 0) is 38.5 Å². The van der Waals surface area contributed by atoms with Gasteiger partial charge < -0.3 is 24.5 Å². The van der Waals surface area contributed by atoms with E-state index in [0.29, 0.717) is 52.1 Å². The van der Waals surface area contributed by atoms with Crippen molar-refractivity contribution in [3.8, 4) is 0 Å². The van der Waals surface area contributed by atoms with Crippen LogP contribution in [0.2, 0.25) is 0 Å². The van der Waals surface area contributed by atoms with Gasteiger partial charge in [-0.1, -0.05) is 0 Å². The quantitative estimate of drug-likeness (QED) is 0.252. The lowest BCUT2D eigenvalue weighted by Crippen LogP contribution is -2.52. The molecule has 176 valence electrons. The topological polar surface area (TPSA) is 142 Å². The summed E-state index contributed by atoms with van der Waals surface area (Å²) in [6.45, 7) is 1.87. The Labute approximate surface area is 183 Å². The molecule has 12 heteroatoms. The fraction of sp³-hybridized carbons (Fsp3) is 0.947. The van der Waals surface area contributed by atoms with Gasteiger partial charge >= 0.3 is 4.38 Å². The highest BCUT2D eigenvalue weighted by atomic mass is 32.3. The molecule has 31 heavy (non-hydrogen) atoms. The minimum atomic E-state index is -4.43. The van der Waals surface area contributed by atoms with Crippen LogP contribution in [-0.4, -0.2) is 74.5 Å². The first-order valence-corrected chi connectivity index (χ1v) is 14.1. The number of hydrogen-bond donors (Lipinski definition) is 0. The predicted molar refractivity (Wildman–Crippen MR) is 109 cm³/mol. The molecule has 2 unspecified atom stereocenters. The Morgan fingerprint density at radius 2 is 1.10 bits per heavy atom. The zero-order valence-electron chi connectivity index (χ0n) is 17.5. The average molecular weight is 479 g/mol. The highest BCUT2D eigenvalue weighted by molar-refractivity contribution is 8.31. The molecule has 4 aliphatic rings. The highest BCUT2D eigenvalue weighted by Crippen LogP contribution is 2.41. The second-order valence-corrected chi connectivity index (χ2v) is 13.4. The third-order valence-corrected chi connectivity index (χ3v) is 11.8. The van der Waals surface area contributed by atoms with E-state index in [9.17, 15) is 22.4 Å². The maximum atomic E-state index is 13.4. The van der Waals surface area contributed by atoms with Gasteiger partial charge in [0.2, 0.25) is 0 Å². The van der Waals surface area contributed by atoms with Crippen molar-refractivity contribution in [2.24, 2.45) is 0 Å². The van der Waals surface area contributed by atoms with Crippen molar-refractivity contribution in [1.29, 1.82) is 0 Å². The first-order valence-electron chi connectivity index (χ1n) is 11.0. The molecule has 2 saturated heterocycles. The van der Waals surface area contributed by atoms with Crippen LogP contribution in [0, 0.1) is 0 Å². The molecule has 0 radical (unpaired) electrons. The number of ether oxygens (including phenoxy) is 4. The first-order chi connectivity index (χ1) is 14.7. The average Bonchev–Trinajstić information content (AvgIpc) is 2.75. The smallest absolute Gasteiger partial charge is 0.359 e. The molecule has 2 saturated carbocycles. The molecule has 2 heterocycles. The van der Waals surface area contributed by atoms with Gasteiger partial charge in [-0.2, -0.15) is 0 Å². The van der Waals surface area contributed by atoms with Gasteiger partial charge in [-0.15, -0.1) is 4.79 Å². The van der Waals surface area contributed by atoms with Gasteiger partial charge in [0.25, 0.3) is 19.7 Å². The molecule has 0 aromatic carbocycles. The van der Waals surface area contributed by atoms with Crippen LogP contribution in [0.1, 0.15) is 64.2 Å². The second-order valence-electron chi connectivity index (χ2n) is 8.81. The highest BCUT2D eigenvalue weighted by Gasteiger charge is 2.56. The van der Waals surface area contributed by atoms with Crippen LogP contribution in [0.4, 0.5) is 0 Å². The Morgan fingerprint density at radius 1 is 0.710 bits per heavy atom. The molecule has 4 rings (SSSR count). The zero-order valence-corrected chi connectivity index (χ0v) is 19.2. The van der Waals surface area contributed by atoms with E-state index in [1.54, 1.807) is 0 Å². The summed E-state index contributed by atoms with van der Waals surface area (Å²) in [7, 11) is -8.86. The Balaban J connectivity index is 1.57. The number of rotatable bonds is 2. The largest absolute Gasteiger partial charge is 0.495 e. The minimum absolute atomic E-state index is 0.0186. The lowest BCUT2D eigenvalue weighted by atomic mass is 9.93. The summed E-state index contributed by atoms with van der Waals surface area (Å²) in [6, 6.07) is 0. The van der Waals surface area contributed by atoms with E-state index in [1.165, 1.54) is 0 Å². The SMILES string of the molecule is [N-]=[N+]=C(S(=O)(=O)C1CCCC2(C1)OCCCO2)S(=O)(=O)C1CCCC2(C1)OCCCO2. The molecule has 4 fully saturated rings. The molecule has 0 aromatic heterocycles. The van der Waals surface area contributed by atoms with Gasteiger partial charge in [0.05, 0.1) is 36.9 Å². The molecule has 2 aliphatic carbocycles. The van der Waals surface area contributed by atoms with Gasteiger partial charge in [0.1, 0.15) is 0 Å². The summed E-state index contributed by atoms with van der Waals surface area (Å²) < 4.78 is 75.3. The Bertz CT molecular complexity index is 849. The normalized spacial score (nSPS) is 31.2. The van der Waals surface area contributed by atoms with Crippen LogP contribution in [0.25, 0.3) is 5.53 Å². The van der Waals surface area contributed by atoms with E-state index in [2.05, 4.69) is 4.79 Å².